The summed E-state index contributed by atoms with van der Waals surface area (Å²) in [5, 5.41) is 61.7. The first-order valence-corrected chi connectivity index (χ1v) is 14.3. The van der Waals surface area contributed by atoms with Crippen molar-refractivity contribution in [1.82, 2.24) is 0 Å². The van der Waals surface area contributed by atoms with Gasteiger partial charge in [-0.05, 0) is 25.7 Å². The zero-order chi connectivity index (χ0) is 32.8. The Morgan fingerprint density at radius 2 is 0.833 bits per heavy atom. The van der Waals surface area contributed by atoms with E-state index in [1.54, 1.807) is 0 Å². The number of aliphatic hydroxyl groups is 2. The van der Waals surface area contributed by atoms with Crippen LogP contribution in [0, 0.1) is 0 Å². The molecule has 14 nitrogen and oxygen atoms in total. The summed E-state index contributed by atoms with van der Waals surface area (Å²) in [5.41, 5.74) is -5.38. The molecule has 0 aliphatic rings. The third-order valence-corrected chi connectivity index (χ3v) is 6.37. The lowest BCUT2D eigenvalue weighted by atomic mass is 9.95. The van der Waals surface area contributed by atoms with Crippen LogP contribution in [-0.4, -0.2) is 88.9 Å². The van der Waals surface area contributed by atoms with E-state index in [0.29, 0.717) is 12.8 Å². The SMILES string of the molecule is CCCCCCCCCC(CCCCCC)OC(=O)CC(O)(CC(=O)O)C(=O)O.O=C(O)CC(O)(CC(=O)O)C(=O)O. The highest BCUT2D eigenvalue weighted by Gasteiger charge is 2.42. The minimum Gasteiger partial charge on any atom is -0.481 e. The van der Waals surface area contributed by atoms with Gasteiger partial charge in [-0.3, -0.25) is 19.2 Å². The molecular weight excluding hydrogens is 560 g/mol. The van der Waals surface area contributed by atoms with Gasteiger partial charge in [0.1, 0.15) is 6.10 Å². The fraction of sp³-hybridized carbons (Fsp3) is 0.786. The molecule has 244 valence electrons. The van der Waals surface area contributed by atoms with Crippen LogP contribution in [-0.2, 0) is 33.5 Å². The van der Waals surface area contributed by atoms with Gasteiger partial charge in [0.05, 0.1) is 25.7 Å². The molecule has 0 fully saturated rings. The number of hydrogen-bond donors (Lipinski definition) is 7. The van der Waals surface area contributed by atoms with Gasteiger partial charge in [0.2, 0.25) is 0 Å². The Balaban J connectivity index is 0. The van der Waals surface area contributed by atoms with E-state index >= 15 is 0 Å². The summed E-state index contributed by atoms with van der Waals surface area (Å²) in [6.45, 7) is 4.30. The molecule has 42 heavy (non-hydrogen) atoms. The van der Waals surface area contributed by atoms with Crippen LogP contribution in [0.15, 0.2) is 0 Å². The molecule has 0 bridgehead atoms. The molecular formula is C28H48O14. The van der Waals surface area contributed by atoms with Gasteiger partial charge in [-0.2, -0.15) is 0 Å². The number of hydrogen-bond acceptors (Lipinski definition) is 9. The molecule has 0 rings (SSSR count). The standard InChI is InChI=1S/C22H40O7.C6H8O7/c1-3-5-7-9-10-11-13-15-18(14-12-8-6-4-2)29-20(25)17-22(28,21(26)27)16-19(23)24;7-3(8)1-6(13,5(11)12)2-4(9)10/h18,28H,3-17H2,1-2H3,(H,23,24)(H,26,27);13H,1-2H2,(H,7,8)(H,9,10)(H,11,12). The van der Waals surface area contributed by atoms with Gasteiger partial charge in [0.25, 0.3) is 0 Å². The van der Waals surface area contributed by atoms with E-state index in [0.717, 1.165) is 44.9 Å². The fourth-order valence-electron chi connectivity index (χ4n) is 4.03. The number of unbranched alkanes of at least 4 members (excludes halogenated alkanes) is 9. The summed E-state index contributed by atoms with van der Waals surface area (Å²) >= 11 is 0. The van der Waals surface area contributed by atoms with Crippen molar-refractivity contribution in [3.8, 4) is 0 Å². The number of esters is 1. The van der Waals surface area contributed by atoms with E-state index in [9.17, 15) is 33.9 Å². The Labute approximate surface area is 245 Å². The first-order chi connectivity index (χ1) is 19.5. The van der Waals surface area contributed by atoms with Crippen molar-refractivity contribution in [3.63, 3.8) is 0 Å². The normalized spacial score (nSPS) is 13.1. The van der Waals surface area contributed by atoms with Crippen LogP contribution >= 0.6 is 0 Å². The van der Waals surface area contributed by atoms with Crippen LogP contribution in [0.5, 0.6) is 0 Å². The molecule has 2 atom stereocenters. The molecule has 0 saturated heterocycles. The lowest BCUT2D eigenvalue weighted by Gasteiger charge is -2.23. The van der Waals surface area contributed by atoms with Crippen molar-refractivity contribution in [1.29, 1.82) is 0 Å². The molecule has 0 aromatic heterocycles. The van der Waals surface area contributed by atoms with Crippen LogP contribution in [0.2, 0.25) is 0 Å². The van der Waals surface area contributed by atoms with Gasteiger partial charge in [-0.25, -0.2) is 9.59 Å². The Morgan fingerprint density at radius 1 is 0.524 bits per heavy atom. The van der Waals surface area contributed by atoms with Crippen LogP contribution in [0.4, 0.5) is 0 Å². The number of carboxylic acid groups (broad SMARTS) is 5. The molecule has 0 radical (unpaired) electrons. The number of carboxylic acids is 5. The molecule has 0 aliphatic carbocycles. The Hall–Kier alpha value is -3.26. The number of aliphatic carboxylic acids is 5. The van der Waals surface area contributed by atoms with Gasteiger partial charge in [0.15, 0.2) is 11.2 Å². The van der Waals surface area contributed by atoms with Crippen molar-refractivity contribution in [2.45, 2.75) is 140 Å². The van der Waals surface area contributed by atoms with E-state index in [1.165, 1.54) is 25.7 Å². The smallest absolute Gasteiger partial charge is 0.336 e. The van der Waals surface area contributed by atoms with Gasteiger partial charge in [-0.15, -0.1) is 0 Å². The summed E-state index contributed by atoms with van der Waals surface area (Å²) in [6, 6.07) is 0. The molecule has 0 spiro atoms. The quantitative estimate of drug-likeness (QED) is 0.0612. The largest absolute Gasteiger partial charge is 0.481 e. The summed E-state index contributed by atoms with van der Waals surface area (Å²) < 4.78 is 5.45. The van der Waals surface area contributed by atoms with Gasteiger partial charge >= 0.3 is 35.8 Å². The minimum atomic E-state index is -2.74. The molecule has 2 unspecified atom stereocenters. The van der Waals surface area contributed by atoms with E-state index in [4.69, 9.17) is 35.4 Å². The highest BCUT2D eigenvalue weighted by atomic mass is 16.5. The maximum Gasteiger partial charge on any atom is 0.336 e. The van der Waals surface area contributed by atoms with Crippen LogP contribution in [0.1, 0.15) is 123 Å². The second-order valence-corrected chi connectivity index (χ2v) is 10.4. The first-order valence-electron chi connectivity index (χ1n) is 14.3. The van der Waals surface area contributed by atoms with Crippen LogP contribution < -0.4 is 0 Å². The number of ether oxygens (including phenoxy) is 1. The van der Waals surface area contributed by atoms with Crippen LogP contribution in [0.25, 0.3) is 0 Å². The molecule has 0 saturated carbocycles. The zero-order valence-electron chi connectivity index (χ0n) is 24.6. The second-order valence-electron chi connectivity index (χ2n) is 10.4. The minimum absolute atomic E-state index is 0.321. The van der Waals surface area contributed by atoms with Crippen molar-refractivity contribution in [2.24, 2.45) is 0 Å². The third-order valence-electron chi connectivity index (χ3n) is 6.37. The second kappa shape index (κ2) is 22.4. The van der Waals surface area contributed by atoms with E-state index < -0.39 is 72.7 Å². The predicted molar refractivity (Wildman–Crippen MR) is 148 cm³/mol. The Bertz CT molecular complexity index is 840. The lowest BCUT2D eigenvalue weighted by Crippen LogP contribution is -2.43. The lowest BCUT2D eigenvalue weighted by molar-refractivity contribution is -0.173. The Kier molecular flexibility index (Phi) is 21.8. The van der Waals surface area contributed by atoms with E-state index in [2.05, 4.69) is 13.8 Å². The summed E-state index contributed by atoms with van der Waals surface area (Å²) in [7, 11) is 0. The van der Waals surface area contributed by atoms with Gasteiger partial charge < -0.3 is 40.5 Å². The van der Waals surface area contributed by atoms with Crippen LogP contribution in [0.3, 0.4) is 0 Å². The van der Waals surface area contributed by atoms with Crippen molar-refractivity contribution >= 4 is 35.8 Å². The topological polar surface area (TPSA) is 253 Å². The van der Waals surface area contributed by atoms with Gasteiger partial charge in [0, 0.05) is 0 Å². The zero-order valence-corrected chi connectivity index (χ0v) is 24.6. The monoisotopic (exact) mass is 608 g/mol. The maximum atomic E-state index is 12.2. The summed E-state index contributed by atoms with van der Waals surface area (Å²) in [4.78, 5) is 64.7. The highest BCUT2D eigenvalue weighted by molar-refractivity contribution is 5.89. The molecule has 14 heteroatoms. The Morgan fingerprint density at radius 3 is 1.17 bits per heavy atom. The number of rotatable bonds is 24. The highest BCUT2D eigenvalue weighted by Crippen LogP contribution is 2.21. The molecule has 0 aromatic rings. The molecule has 7 N–H and O–H groups in total. The molecule has 0 heterocycles. The summed E-state index contributed by atoms with van der Waals surface area (Å²) in [6.07, 6.45) is 9.09. The van der Waals surface area contributed by atoms with Crippen molar-refractivity contribution in [2.75, 3.05) is 0 Å². The van der Waals surface area contributed by atoms with Gasteiger partial charge in [-0.1, -0.05) is 71.6 Å². The first kappa shape index (κ1) is 40.9. The molecule has 0 amide bonds. The molecule has 0 aliphatic heterocycles. The fourth-order valence-corrected chi connectivity index (χ4v) is 4.03. The third kappa shape index (κ3) is 20.6. The number of carbonyl (C=O) groups is 6. The van der Waals surface area contributed by atoms with Crippen molar-refractivity contribution < 1.29 is 69.2 Å². The van der Waals surface area contributed by atoms with E-state index in [-0.39, 0.29) is 6.10 Å². The average Bonchev–Trinajstić information content (AvgIpc) is 2.84. The predicted octanol–water partition coefficient (Wildman–Crippen LogP) is 3.44. The molecule has 0 aromatic carbocycles. The number of carbonyl (C=O) groups excluding carboxylic acids is 1. The maximum absolute atomic E-state index is 12.2. The average molecular weight is 609 g/mol. The van der Waals surface area contributed by atoms with Crippen molar-refractivity contribution in [3.05, 3.63) is 0 Å². The van der Waals surface area contributed by atoms with E-state index in [1.807, 2.05) is 0 Å². The summed E-state index contributed by atoms with van der Waals surface area (Å²) in [5.74, 6) is -9.10.